The third-order valence-electron chi connectivity index (χ3n) is 4.47. The maximum absolute atomic E-state index is 12.3. The number of nitrogens with two attached hydrogens (primary N) is 1. The second kappa shape index (κ2) is 8.65. The molecule has 1 aromatic carbocycles. The molecule has 1 unspecified atom stereocenters. The van der Waals surface area contributed by atoms with Crippen molar-refractivity contribution in [1.29, 1.82) is 0 Å². The highest BCUT2D eigenvalue weighted by molar-refractivity contribution is 7.89. The van der Waals surface area contributed by atoms with Gasteiger partial charge in [0.1, 0.15) is 0 Å². The summed E-state index contributed by atoms with van der Waals surface area (Å²) in [5.41, 5.74) is 0. The number of hydrogen-bond acceptors (Lipinski definition) is 6. The minimum atomic E-state index is -3.87. The lowest BCUT2D eigenvalue weighted by atomic mass is 10.2. The number of benzene rings is 1. The van der Waals surface area contributed by atoms with Gasteiger partial charge in [0.2, 0.25) is 26.0 Å². The fraction of sp³-hybridized carbons (Fsp3) is 0.562. The van der Waals surface area contributed by atoms with Crippen molar-refractivity contribution in [3.8, 4) is 0 Å². The van der Waals surface area contributed by atoms with E-state index in [-0.39, 0.29) is 28.3 Å². The molecule has 0 spiro atoms. The molecule has 2 rings (SSSR count). The maximum Gasteiger partial charge on any atom is 0.240 e. The SMILES string of the molecule is CN(C)C(=O)C1CCCN1CCCNS(=O)(=O)c1ccc(S(N)(=O)=O)cc1. The van der Waals surface area contributed by atoms with Crippen molar-refractivity contribution in [3.63, 3.8) is 0 Å². The molecule has 1 saturated heterocycles. The van der Waals surface area contributed by atoms with Gasteiger partial charge in [-0.3, -0.25) is 9.69 Å². The topological polar surface area (TPSA) is 130 Å². The summed E-state index contributed by atoms with van der Waals surface area (Å²) >= 11 is 0. The lowest BCUT2D eigenvalue weighted by Gasteiger charge is -2.26. The smallest absolute Gasteiger partial charge is 0.240 e. The van der Waals surface area contributed by atoms with Crippen LogP contribution in [0.2, 0.25) is 0 Å². The zero-order valence-corrected chi connectivity index (χ0v) is 17.1. The number of amides is 1. The van der Waals surface area contributed by atoms with Crippen molar-refractivity contribution in [2.75, 3.05) is 33.7 Å². The molecule has 27 heavy (non-hydrogen) atoms. The van der Waals surface area contributed by atoms with E-state index in [2.05, 4.69) is 9.62 Å². The molecule has 11 heteroatoms. The Hall–Kier alpha value is -1.53. The fourth-order valence-corrected chi connectivity index (χ4v) is 4.64. The molecule has 1 fully saturated rings. The number of hydrogen-bond donors (Lipinski definition) is 2. The Labute approximate surface area is 160 Å². The van der Waals surface area contributed by atoms with Crippen LogP contribution >= 0.6 is 0 Å². The van der Waals surface area contributed by atoms with E-state index < -0.39 is 20.0 Å². The predicted molar refractivity (Wildman–Crippen MR) is 101 cm³/mol. The molecule has 3 N–H and O–H groups in total. The quantitative estimate of drug-likeness (QED) is 0.550. The minimum Gasteiger partial charge on any atom is -0.347 e. The van der Waals surface area contributed by atoms with Crippen LogP contribution in [0.25, 0.3) is 0 Å². The molecular weight excluding hydrogens is 392 g/mol. The summed E-state index contributed by atoms with van der Waals surface area (Å²) in [6.07, 6.45) is 2.33. The molecule has 1 heterocycles. The van der Waals surface area contributed by atoms with E-state index in [1.165, 1.54) is 12.1 Å². The van der Waals surface area contributed by atoms with Crippen LogP contribution in [-0.4, -0.2) is 72.3 Å². The Morgan fingerprint density at radius 1 is 1.19 bits per heavy atom. The normalized spacial score (nSPS) is 18.6. The van der Waals surface area contributed by atoms with Crippen LogP contribution in [-0.2, 0) is 24.8 Å². The van der Waals surface area contributed by atoms with E-state index in [1.54, 1.807) is 19.0 Å². The maximum atomic E-state index is 12.3. The highest BCUT2D eigenvalue weighted by Gasteiger charge is 2.31. The molecule has 9 nitrogen and oxygen atoms in total. The van der Waals surface area contributed by atoms with Crippen molar-refractivity contribution < 1.29 is 21.6 Å². The molecule has 1 amide bonds. The van der Waals surface area contributed by atoms with E-state index in [0.29, 0.717) is 13.0 Å². The molecule has 0 aromatic heterocycles. The van der Waals surface area contributed by atoms with Gasteiger partial charge in [0.05, 0.1) is 15.8 Å². The van der Waals surface area contributed by atoms with E-state index in [4.69, 9.17) is 5.14 Å². The molecule has 0 bridgehead atoms. The number of nitrogens with zero attached hydrogens (tertiary/aromatic N) is 2. The number of likely N-dealkylation sites (tertiary alicyclic amines) is 1. The fourth-order valence-electron chi connectivity index (χ4n) is 3.05. The van der Waals surface area contributed by atoms with Gasteiger partial charge in [0, 0.05) is 27.2 Å². The average Bonchev–Trinajstić information content (AvgIpc) is 3.05. The van der Waals surface area contributed by atoms with Crippen LogP contribution in [0.1, 0.15) is 19.3 Å². The molecule has 0 aliphatic carbocycles. The third kappa shape index (κ3) is 5.72. The molecular formula is C16H26N4O5S2. The predicted octanol–water partition coefficient (Wildman–Crippen LogP) is -0.445. The summed E-state index contributed by atoms with van der Waals surface area (Å²) in [5, 5.41) is 5.00. The summed E-state index contributed by atoms with van der Waals surface area (Å²) in [4.78, 5) is 15.6. The standard InChI is InChI=1S/C16H26N4O5S2/c1-19(2)16(21)15-5-3-11-20(15)12-4-10-18-27(24,25)14-8-6-13(7-9-14)26(17,22)23/h6-9,15,18H,3-5,10-12H2,1-2H3,(H2,17,22,23). The molecule has 0 saturated carbocycles. The molecule has 1 aliphatic heterocycles. The van der Waals surface area contributed by atoms with Gasteiger partial charge in [-0.15, -0.1) is 0 Å². The van der Waals surface area contributed by atoms with E-state index >= 15 is 0 Å². The van der Waals surface area contributed by atoms with Crippen LogP contribution < -0.4 is 9.86 Å². The van der Waals surface area contributed by atoms with Crippen LogP contribution in [0.15, 0.2) is 34.1 Å². The zero-order chi connectivity index (χ0) is 20.2. The highest BCUT2D eigenvalue weighted by Crippen LogP contribution is 2.19. The van der Waals surface area contributed by atoms with Gasteiger partial charge in [-0.25, -0.2) is 26.7 Å². The summed E-state index contributed by atoms with van der Waals surface area (Å²) in [7, 11) is -4.15. The van der Waals surface area contributed by atoms with Gasteiger partial charge in [0.25, 0.3) is 0 Å². The summed E-state index contributed by atoms with van der Waals surface area (Å²) < 4.78 is 49.5. The zero-order valence-electron chi connectivity index (χ0n) is 15.5. The number of sulfonamides is 2. The van der Waals surface area contributed by atoms with E-state index in [1.807, 2.05) is 0 Å². The van der Waals surface area contributed by atoms with Crippen LogP contribution in [0.5, 0.6) is 0 Å². The van der Waals surface area contributed by atoms with Crippen LogP contribution in [0.4, 0.5) is 0 Å². The molecule has 1 atom stereocenters. The van der Waals surface area contributed by atoms with Crippen molar-refractivity contribution in [3.05, 3.63) is 24.3 Å². The summed E-state index contributed by atoms with van der Waals surface area (Å²) in [6.45, 7) is 1.67. The summed E-state index contributed by atoms with van der Waals surface area (Å²) in [5.74, 6) is 0.0722. The summed E-state index contributed by atoms with van der Waals surface area (Å²) in [6, 6.07) is 4.59. The Balaban J connectivity index is 1.88. The Bertz CT molecular complexity index is 867. The number of carbonyl (C=O) groups excluding carboxylic acids is 1. The first-order valence-electron chi connectivity index (χ1n) is 8.60. The van der Waals surface area contributed by atoms with Crippen molar-refractivity contribution in [1.82, 2.24) is 14.5 Å². The Morgan fingerprint density at radius 3 is 2.33 bits per heavy atom. The monoisotopic (exact) mass is 418 g/mol. The van der Waals surface area contributed by atoms with Gasteiger partial charge in [0.15, 0.2) is 0 Å². The van der Waals surface area contributed by atoms with Gasteiger partial charge in [-0.1, -0.05) is 0 Å². The highest BCUT2D eigenvalue weighted by atomic mass is 32.2. The molecule has 1 aromatic rings. The Kier molecular flexibility index (Phi) is 6.98. The molecule has 152 valence electrons. The number of rotatable bonds is 8. The van der Waals surface area contributed by atoms with E-state index in [0.717, 1.165) is 31.5 Å². The van der Waals surface area contributed by atoms with Crippen LogP contribution in [0.3, 0.4) is 0 Å². The van der Waals surface area contributed by atoms with Gasteiger partial charge >= 0.3 is 0 Å². The number of carbonyl (C=O) groups is 1. The number of likely N-dealkylation sites (N-methyl/N-ethyl adjacent to an activating group) is 1. The number of primary sulfonamides is 1. The van der Waals surface area contributed by atoms with Crippen molar-refractivity contribution >= 4 is 26.0 Å². The first-order valence-corrected chi connectivity index (χ1v) is 11.6. The minimum absolute atomic E-state index is 0.0308. The van der Waals surface area contributed by atoms with E-state index in [9.17, 15) is 21.6 Å². The average molecular weight is 419 g/mol. The first-order chi connectivity index (χ1) is 12.5. The van der Waals surface area contributed by atoms with Crippen LogP contribution in [0, 0.1) is 0 Å². The Morgan fingerprint density at radius 2 is 1.78 bits per heavy atom. The second-order valence-electron chi connectivity index (χ2n) is 6.69. The second-order valence-corrected chi connectivity index (χ2v) is 10.0. The molecule has 0 radical (unpaired) electrons. The largest absolute Gasteiger partial charge is 0.347 e. The number of nitrogens with one attached hydrogen (secondary N) is 1. The van der Waals surface area contributed by atoms with Gasteiger partial charge in [-0.05, 0) is 50.1 Å². The third-order valence-corrected chi connectivity index (χ3v) is 6.87. The lowest BCUT2D eigenvalue weighted by Crippen LogP contribution is -2.43. The molecule has 1 aliphatic rings. The van der Waals surface area contributed by atoms with Crippen molar-refractivity contribution in [2.45, 2.75) is 35.1 Å². The first kappa shape index (κ1) is 21.8. The van der Waals surface area contributed by atoms with Gasteiger partial charge in [-0.2, -0.15) is 0 Å². The lowest BCUT2D eigenvalue weighted by molar-refractivity contribution is -0.133. The van der Waals surface area contributed by atoms with Crippen molar-refractivity contribution in [2.24, 2.45) is 5.14 Å². The van der Waals surface area contributed by atoms with Gasteiger partial charge < -0.3 is 4.90 Å².